The number of rotatable bonds is 7. The molecule has 0 saturated carbocycles. The fraction of sp³-hybridized carbons (Fsp3) is 0.667. The number of anilines is 2. The Morgan fingerprint density at radius 1 is 1.30 bits per heavy atom. The Hall–Kier alpha value is -1.73. The highest BCUT2D eigenvalue weighted by Gasteiger charge is 2.32. The molecule has 0 unspecified atom stereocenters. The molecule has 1 aromatic rings. The summed E-state index contributed by atoms with van der Waals surface area (Å²) in [5.74, 6) is 0.771. The highest BCUT2D eigenvalue weighted by atomic mass is 19.4. The van der Waals surface area contributed by atoms with Crippen LogP contribution in [0, 0.1) is 0 Å². The zero-order valence-electron chi connectivity index (χ0n) is 11.8. The standard InChI is InChI=1S/C12H19F3N4O/c1-4-6-19(7-12(13,14)15)11-9(20-3)10(16-5-2)17-8-18-11/h8H,4-7H2,1-3H3,(H,16,17,18). The van der Waals surface area contributed by atoms with Crippen molar-refractivity contribution in [1.82, 2.24) is 9.97 Å². The van der Waals surface area contributed by atoms with Crippen LogP contribution in [0.4, 0.5) is 24.8 Å². The number of nitrogens with zero attached hydrogens (tertiary/aromatic N) is 3. The second-order valence-corrected chi connectivity index (χ2v) is 4.15. The van der Waals surface area contributed by atoms with Crippen LogP contribution in [0.15, 0.2) is 6.33 Å². The van der Waals surface area contributed by atoms with E-state index in [1.807, 2.05) is 13.8 Å². The van der Waals surface area contributed by atoms with Gasteiger partial charge in [-0.2, -0.15) is 13.2 Å². The van der Waals surface area contributed by atoms with E-state index in [2.05, 4.69) is 15.3 Å². The lowest BCUT2D eigenvalue weighted by molar-refractivity contribution is -0.119. The highest BCUT2D eigenvalue weighted by Crippen LogP contribution is 2.33. The number of hydrogen-bond acceptors (Lipinski definition) is 5. The van der Waals surface area contributed by atoms with E-state index in [0.717, 1.165) is 4.90 Å². The molecule has 114 valence electrons. The van der Waals surface area contributed by atoms with Crippen LogP contribution in [-0.2, 0) is 0 Å². The largest absolute Gasteiger partial charge is 0.490 e. The molecule has 20 heavy (non-hydrogen) atoms. The molecule has 0 bridgehead atoms. The zero-order chi connectivity index (χ0) is 15.2. The molecule has 0 aliphatic carbocycles. The van der Waals surface area contributed by atoms with E-state index in [1.54, 1.807) is 0 Å². The van der Waals surface area contributed by atoms with E-state index in [9.17, 15) is 13.2 Å². The summed E-state index contributed by atoms with van der Waals surface area (Å²) in [5.41, 5.74) is 0. The van der Waals surface area contributed by atoms with Crippen molar-refractivity contribution in [3.8, 4) is 5.75 Å². The molecule has 0 aliphatic heterocycles. The van der Waals surface area contributed by atoms with Crippen LogP contribution in [-0.4, -0.2) is 42.9 Å². The fourth-order valence-electron chi connectivity index (χ4n) is 1.82. The third-order valence-electron chi connectivity index (χ3n) is 2.50. The number of methoxy groups -OCH3 is 1. The molecular formula is C12H19F3N4O. The summed E-state index contributed by atoms with van der Waals surface area (Å²) >= 11 is 0. The average molecular weight is 292 g/mol. The van der Waals surface area contributed by atoms with Gasteiger partial charge in [-0.1, -0.05) is 6.92 Å². The molecule has 5 nitrogen and oxygen atoms in total. The predicted octanol–water partition coefficient (Wildman–Crippen LogP) is 2.70. The molecule has 0 fully saturated rings. The Kier molecular flexibility index (Phi) is 5.84. The van der Waals surface area contributed by atoms with Gasteiger partial charge in [0.2, 0.25) is 5.75 Å². The van der Waals surface area contributed by atoms with Gasteiger partial charge in [-0.25, -0.2) is 9.97 Å². The van der Waals surface area contributed by atoms with E-state index in [1.165, 1.54) is 13.4 Å². The van der Waals surface area contributed by atoms with Crippen LogP contribution in [0.3, 0.4) is 0 Å². The van der Waals surface area contributed by atoms with E-state index in [-0.39, 0.29) is 18.1 Å². The second-order valence-electron chi connectivity index (χ2n) is 4.15. The number of alkyl halides is 3. The quantitative estimate of drug-likeness (QED) is 0.837. The summed E-state index contributed by atoms with van der Waals surface area (Å²) in [5, 5.41) is 2.94. The SMILES string of the molecule is CCCN(CC(F)(F)F)c1ncnc(NCC)c1OC. The van der Waals surface area contributed by atoms with Crippen LogP contribution in [0.2, 0.25) is 0 Å². The van der Waals surface area contributed by atoms with E-state index >= 15 is 0 Å². The molecule has 0 aromatic carbocycles. The Morgan fingerprint density at radius 2 is 2.00 bits per heavy atom. The first-order chi connectivity index (χ1) is 9.42. The van der Waals surface area contributed by atoms with Crippen LogP contribution < -0.4 is 15.0 Å². The summed E-state index contributed by atoms with van der Waals surface area (Å²) in [7, 11) is 1.39. The Bertz CT molecular complexity index is 426. The van der Waals surface area contributed by atoms with Gasteiger partial charge in [-0.05, 0) is 13.3 Å². The van der Waals surface area contributed by atoms with Crippen LogP contribution in [0.25, 0.3) is 0 Å². The molecule has 1 heterocycles. The minimum absolute atomic E-state index is 0.151. The molecule has 0 saturated heterocycles. The van der Waals surface area contributed by atoms with Gasteiger partial charge < -0.3 is 15.0 Å². The van der Waals surface area contributed by atoms with Crippen LogP contribution in [0.1, 0.15) is 20.3 Å². The normalized spacial score (nSPS) is 11.3. The van der Waals surface area contributed by atoms with Crippen molar-refractivity contribution in [2.45, 2.75) is 26.4 Å². The summed E-state index contributed by atoms with van der Waals surface area (Å²) in [6.07, 6.45) is -2.50. The van der Waals surface area contributed by atoms with Crippen LogP contribution >= 0.6 is 0 Å². The molecule has 0 atom stereocenters. The summed E-state index contributed by atoms with van der Waals surface area (Å²) in [6, 6.07) is 0. The number of hydrogen-bond donors (Lipinski definition) is 1. The Balaban J connectivity index is 3.14. The number of aromatic nitrogens is 2. The first-order valence-corrected chi connectivity index (χ1v) is 6.37. The molecule has 8 heteroatoms. The maximum absolute atomic E-state index is 12.7. The zero-order valence-corrected chi connectivity index (χ0v) is 11.8. The lowest BCUT2D eigenvalue weighted by Gasteiger charge is -2.26. The van der Waals surface area contributed by atoms with Gasteiger partial charge >= 0.3 is 6.18 Å². The molecule has 1 aromatic heterocycles. The van der Waals surface area contributed by atoms with E-state index in [0.29, 0.717) is 18.8 Å². The molecule has 0 aliphatic rings. The van der Waals surface area contributed by atoms with Gasteiger partial charge in [0.05, 0.1) is 7.11 Å². The van der Waals surface area contributed by atoms with Gasteiger partial charge in [0.1, 0.15) is 12.9 Å². The van der Waals surface area contributed by atoms with Gasteiger partial charge in [0, 0.05) is 13.1 Å². The Morgan fingerprint density at radius 3 is 2.50 bits per heavy atom. The van der Waals surface area contributed by atoms with Gasteiger partial charge in [-0.15, -0.1) is 0 Å². The molecular weight excluding hydrogens is 273 g/mol. The second kappa shape index (κ2) is 7.16. The van der Waals surface area contributed by atoms with Crippen molar-refractivity contribution < 1.29 is 17.9 Å². The van der Waals surface area contributed by atoms with Gasteiger partial charge in [0.25, 0.3) is 0 Å². The summed E-state index contributed by atoms with van der Waals surface area (Å²) in [6.45, 7) is 3.42. The first kappa shape index (κ1) is 16.3. The minimum Gasteiger partial charge on any atom is -0.490 e. The monoisotopic (exact) mass is 292 g/mol. The van der Waals surface area contributed by atoms with Crippen molar-refractivity contribution in [2.75, 3.05) is 37.0 Å². The molecule has 0 radical (unpaired) electrons. The highest BCUT2D eigenvalue weighted by molar-refractivity contribution is 5.64. The average Bonchev–Trinajstić information content (AvgIpc) is 2.37. The van der Waals surface area contributed by atoms with Gasteiger partial charge in [-0.3, -0.25) is 0 Å². The first-order valence-electron chi connectivity index (χ1n) is 6.37. The van der Waals surface area contributed by atoms with E-state index < -0.39 is 12.7 Å². The van der Waals surface area contributed by atoms with Crippen LogP contribution in [0.5, 0.6) is 5.75 Å². The topological polar surface area (TPSA) is 50.3 Å². The summed E-state index contributed by atoms with van der Waals surface area (Å²) in [4.78, 5) is 9.08. The van der Waals surface area contributed by atoms with Crippen molar-refractivity contribution in [3.63, 3.8) is 0 Å². The molecule has 0 amide bonds. The summed E-state index contributed by atoms with van der Waals surface area (Å²) < 4.78 is 43.1. The fourth-order valence-corrected chi connectivity index (χ4v) is 1.82. The predicted molar refractivity (Wildman–Crippen MR) is 71.3 cm³/mol. The van der Waals surface area contributed by atoms with Crippen molar-refractivity contribution in [1.29, 1.82) is 0 Å². The number of halogens is 3. The number of nitrogens with one attached hydrogen (secondary N) is 1. The number of ether oxygens (including phenoxy) is 1. The van der Waals surface area contributed by atoms with Crippen molar-refractivity contribution >= 4 is 11.6 Å². The smallest absolute Gasteiger partial charge is 0.405 e. The molecule has 0 spiro atoms. The minimum atomic E-state index is -4.30. The molecule has 1 N–H and O–H groups in total. The van der Waals surface area contributed by atoms with Crippen molar-refractivity contribution in [2.24, 2.45) is 0 Å². The molecule has 1 rings (SSSR count). The maximum atomic E-state index is 12.7. The third-order valence-corrected chi connectivity index (χ3v) is 2.50. The maximum Gasteiger partial charge on any atom is 0.405 e. The van der Waals surface area contributed by atoms with Gasteiger partial charge in [0.15, 0.2) is 11.6 Å². The third kappa shape index (κ3) is 4.43. The Labute approximate surface area is 116 Å². The lowest BCUT2D eigenvalue weighted by Crippen LogP contribution is -2.35. The van der Waals surface area contributed by atoms with E-state index in [4.69, 9.17) is 4.74 Å². The lowest BCUT2D eigenvalue weighted by atomic mass is 10.3. The van der Waals surface area contributed by atoms with Crippen molar-refractivity contribution in [3.05, 3.63) is 6.33 Å².